The fourth-order valence-electron chi connectivity index (χ4n) is 10.1. The highest BCUT2D eigenvalue weighted by molar-refractivity contribution is 7.47. The standard InChI is InChI=1S/C67H130O17P2/c1-7-9-11-13-15-17-19-20-23-27-30-37-43-49-64(69)77-55-62(83-67(72)52-46-40-32-28-24-21-22-25-29-35-41-47-59(3)4)57-81-85(73,74)79-53-61(68)54-80-86(75,76)82-58-63(56-78-65(70)50-44-38-34-33-36-42-48-60(5)6)84-66(71)51-45-39-31-26-18-16-14-12-10-8-2/h59-63,68H,7-58H2,1-6H3,(H,73,74)(H,75,76)/t61-,62-,63-/m1/s1. The van der Waals surface area contributed by atoms with Crippen molar-refractivity contribution in [3.63, 3.8) is 0 Å². The summed E-state index contributed by atoms with van der Waals surface area (Å²) in [5.41, 5.74) is 0. The fourth-order valence-corrected chi connectivity index (χ4v) is 11.6. The van der Waals surface area contributed by atoms with Crippen LogP contribution in [0.4, 0.5) is 0 Å². The Morgan fingerprint density at radius 3 is 0.791 bits per heavy atom. The van der Waals surface area contributed by atoms with Gasteiger partial charge >= 0.3 is 39.5 Å². The lowest BCUT2D eigenvalue weighted by Crippen LogP contribution is -2.30. The summed E-state index contributed by atoms with van der Waals surface area (Å²) in [4.78, 5) is 72.3. The molecule has 86 heavy (non-hydrogen) atoms. The Morgan fingerprint density at radius 2 is 0.535 bits per heavy atom. The number of unbranched alkanes of at least 4 members (excludes halogenated alkanes) is 36. The number of carbonyl (C=O) groups excluding carboxylic acids is 4. The van der Waals surface area contributed by atoms with Gasteiger partial charge in [-0.15, -0.1) is 0 Å². The smallest absolute Gasteiger partial charge is 0.462 e. The van der Waals surface area contributed by atoms with Crippen LogP contribution >= 0.6 is 15.6 Å². The van der Waals surface area contributed by atoms with Crippen LogP contribution in [0.15, 0.2) is 0 Å². The summed E-state index contributed by atoms with van der Waals surface area (Å²) in [7, 11) is -9.89. The van der Waals surface area contributed by atoms with Crippen LogP contribution in [0, 0.1) is 11.8 Å². The number of aliphatic hydroxyl groups is 1. The van der Waals surface area contributed by atoms with Gasteiger partial charge in [-0.2, -0.15) is 0 Å². The second kappa shape index (κ2) is 59.4. The van der Waals surface area contributed by atoms with E-state index in [-0.39, 0.29) is 25.7 Å². The topological polar surface area (TPSA) is 237 Å². The molecule has 0 aromatic rings. The van der Waals surface area contributed by atoms with E-state index in [0.717, 1.165) is 102 Å². The van der Waals surface area contributed by atoms with E-state index >= 15 is 0 Å². The summed E-state index contributed by atoms with van der Waals surface area (Å²) in [6, 6.07) is 0. The zero-order chi connectivity index (χ0) is 63.6. The Hall–Kier alpha value is -1.94. The number of hydrogen-bond donors (Lipinski definition) is 3. The average molecular weight is 1270 g/mol. The summed E-state index contributed by atoms with van der Waals surface area (Å²) in [6.45, 7) is 9.43. The van der Waals surface area contributed by atoms with Crippen molar-refractivity contribution in [2.24, 2.45) is 11.8 Å². The van der Waals surface area contributed by atoms with Crippen molar-refractivity contribution in [2.45, 2.75) is 355 Å². The van der Waals surface area contributed by atoms with E-state index in [9.17, 15) is 43.2 Å². The van der Waals surface area contributed by atoms with Crippen molar-refractivity contribution < 1.29 is 80.2 Å². The first kappa shape index (κ1) is 84.1. The van der Waals surface area contributed by atoms with E-state index < -0.39 is 97.5 Å². The Kier molecular flexibility index (Phi) is 58.0. The highest BCUT2D eigenvalue weighted by atomic mass is 31.2. The van der Waals surface area contributed by atoms with Crippen LogP contribution in [0.1, 0.15) is 337 Å². The van der Waals surface area contributed by atoms with Crippen LogP contribution in [0.5, 0.6) is 0 Å². The maximum absolute atomic E-state index is 13.0. The summed E-state index contributed by atoms with van der Waals surface area (Å²) in [5, 5.41) is 10.6. The van der Waals surface area contributed by atoms with E-state index in [2.05, 4.69) is 41.5 Å². The second-order valence-electron chi connectivity index (χ2n) is 25.2. The van der Waals surface area contributed by atoms with Crippen LogP contribution in [0.2, 0.25) is 0 Å². The van der Waals surface area contributed by atoms with Gasteiger partial charge < -0.3 is 33.8 Å². The number of aliphatic hydroxyl groups excluding tert-OH is 1. The first-order valence-corrected chi connectivity index (χ1v) is 38.0. The van der Waals surface area contributed by atoms with E-state index in [1.165, 1.54) is 148 Å². The van der Waals surface area contributed by atoms with E-state index in [4.69, 9.17) is 37.0 Å². The molecule has 0 saturated carbocycles. The largest absolute Gasteiger partial charge is 0.472 e. The first-order valence-electron chi connectivity index (χ1n) is 35.0. The van der Waals surface area contributed by atoms with E-state index in [1.807, 2.05) is 0 Å². The Morgan fingerprint density at radius 1 is 0.314 bits per heavy atom. The van der Waals surface area contributed by atoms with Gasteiger partial charge in [0.1, 0.15) is 19.3 Å². The molecule has 3 N–H and O–H groups in total. The van der Waals surface area contributed by atoms with Gasteiger partial charge in [0.25, 0.3) is 0 Å². The van der Waals surface area contributed by atoms with Crippen molar-refractivity contribution in [2.75, 3.05) is 39.6 Å². The van der Waals surface area contributed by atoms with Crippen molar-refractivity contribution in [1.82, 2.24) is 0 Å². The summed E-state index contributed by atoms with van der Waals surface area (Å²) in [6.07, 6.45) is 43.1. The van der Waals surface area contributed by atoms with E-state index in [0.29, 0.717) is 31.6 Å². The minimum Gasteiger partial charge on any atom is -0.462 e. The number of phosphoric acid groups is 2. The minimum absolute atomic E-state index is 0.105. The van der Waals surface area contributed by atoms with Crippen molar-refractivity contribution in [1.29, 1.82) is 0 Å². The van der Waals surface area contributed by atoms with Crippen LogP contribution in [0.25, 0.3) is 0 Å². The molecular formula is C67H130O17P2. The van der Waals surface area contributed by atoms with Gasteiger partial charge in [0, 0.05) is 25.7 Å². The summed E-state index contributed by atoms with van der Waals surface area (Å²) < 4.78 is 68.1. The lowest BCUT2D eigenvalue weighted by molar-refractivity contribution is -0.161. The first-order chi connectivity index (χ1) is 41.4. The van der Waals surface area contributed by atoms with Crippen LogP contribution < -0.4 is 0 Å². The monoisotopic (exact) mass is 1270 g/mol. The number of esters is 4. The van der Waals surface area contributed by atoms with Crippen LogP contribution in [-0.2, 0) is 65.4 Å². The summed E-state index contributed by atoms with van der Waals surface area (Å²) >= 11 is 0. The number of hydrogen-bond acceptors (Lipinski definition) is 15. The zero-order valence-corrected chi connectivity index (χ0v) is 57.4. The van der Waals surface area contributed by atoms with Crippen molar-refractivity contribution in [3.8, 4) is 0 Å². The van der Waals surface area contributed by atoms with Crippen molar-refractivity contribution in [3.05, 3.63) is 0 Å². The van der Waals surface area contributed by atoms with Gasteiger partial charge in [0.15, 0.2) is 12.2 Å². The summed E-state index contributed by atoms with van der Waals surface area (Å²) in [5.74, 6) is -0.684. The molecular weight excluding hydrogens is 1140 g/mol. The quantitative estimate of drug-likeness (QED) is 0.0222. The molecule has 0 saturated heterocycles. The third-order valence-corrected chi connectivity index (χ3v) is 17.4. The molecule has 0 aliphatic rings. The van der Waals surface area contributed by atoms with Gasteiger partial charge in [-0.3, -0.25) is 37.3 Å². The normalized spacial score (nSPS) is 14.2. The highest BCUT2D eigenvalue weighted by Gasteiger charge is 2.30. The molecule has 0 radical (unpaired) electrons. The van der Waals surface area contributed by atoms with Gasteiger partial charge in [-0.25, -0.2) is 9.13 Å². The maximum atomic E-state index is 13.0. The SMILES string of the molecule is CCCCCCCCCCCCCCCC(=O)OC[C@H](COP(=O)(O)OC[C@@H](O)COP(=O)(O)OC[C@@H](COC(=O)CCCCCCCCC(C)C)OC(=O)CCCCCCCCCCCC)OC(=O)CCCCCCCCCCCCCC(C)C. The third-order valence-electron chi connectivity index (χ3n) is 15.5. The molecule has 0 aromatic carbocycles. The molecule has 0 aromatic heterocycles. The fraction of sp³-hybridized carbons (Fsp3) is 0.940. The number of phosphoric ester groups is 2. The Bertz CT molecular complexity index is 1680. The number of rotatable bonds is 66. The maximum Gasteiger partial charge on any atom is 0.472 e. The molecule has 5 atom stereocenters. The van der Waals surface area contributed by atoms with Gasteiger partial charge in [-0.05, 0) is 37.5 Å². The molecule has 0 bridgehead atoms. The Labute approximate surface area is 524 Å². The molecule has 17 nitrogen and oxygen atoms in total. The predicted molar refractivity (Wildman–Crippen MR) is 345 cm³/mol. The molecule has 0 aliphatic carbocycles. The molecule has 0 heterocycles. The second-order valence-corrected chi connectivity index (χ2v) is 28.1. The van der Waals surface area contributed by atoms with Crippen molar-refractivity contribution >= 4 is 39.5 Å². The highest BCUT2D eigenvalue weighted by Crippen LogP contribution is 2.45. The zero-order valence-electron chi connectivity index (χ0n) is 55.6. The molecule has 19 heteroatoms. The van der Waals surface area contributed by atoms with Crippen LogP contribution in [0.3, 0.4) is 0 Å². The third kappa shape index (κ3) is 60.9. The van der Waals surface area contributed by atoms with E-state index in [1.54, 1.807) is 0 Å². The van der Waals surface area contributed by atoms with Crippen LogP contribution in [-0.4, -0.2) is 96.7 Å². The van der Waals surface area contributed by atoms with Gasteiger partial charge in [-0.1, -0.05) is 286 Å². The van der Waals surface area contributed by atoms with Gasteiger partial charge in [0.2, 0.25) is 0 Å². The molecule has 2 unspecified atom stereocenters. The molecule has 0 fully saturated rings. The molecule has 0 rings (SSSR count). The lowest BCUT2D eigenvalue weighted by atomic mass is 10.0. The molecule has 0 aliphatic heterocycles. The number of ether oxygens (including phenoxy) is 4. The molecule has 0 amide bonds. The molecule has 0 spiro atoms. The average Bonchev–Trinajstić information content (AvgIpc) is 3.64. The minimum atomic E-state index is -4.95. The number of carbonyl (C=O) groups is 4. The molecule has 510 valence electrons. The lowest BCUT2D eigenvalue weighted by Gasteiger charge is -2.21. The predicted octanol–water partition coefficient (Wildman–Crippen LogP) is 18.8. The van der Waals surface area contributed by atoms with Gasteiger partial charge in [0.05, 0.1) is 26.4 Å². The Balaban J connectivity index is 5.24.